The fourth-order valence-electron chi connectivity index (χ4n) is 3.74. The molecule has 0 spiro atoms. The minimum absolute atomic E-state index is 0.0463. The van der Waals surface area contributed by atoms with E-state index < -0.39 is 10.0 Å². The van der Waals surface area contributed by atoms with Crippen molar-refractivity contribution in [2.24, 2.45) is 0 Å². The van der Waals surface area contributed by atoms with Gasteiger partial charge in [-0.1, -0.05) is 12.1 Å². The molecule has 10 heteroatoms. The maximum Gasteiger partial charge on any atom is 0.266 e. The van der Waals surface area contributed by atoms with Gasteiger partial charge in [0.15, 0.2) is 0 Å². The van der Waals surface area contributed by atoms with E-state index >= 15 is 0 Å². The van der Waals surface area contributed by atoms with Gasteiger partial charge >= 0.3 is 0 Å². The highest BCUT2D eigenvalue weighted by Gasteiger charge is 2.17. The molecule has 0 aliphatic rings. The van der Waals surface area contributed by atoms with Crippen LogP contribution < -0.4 is 10.3 Å². The van der Waals surface area contributed by atoms with Crippen LogP contribution in [0.1, 0.15) is 0 Å². The lowest BCUT2D eigenvalue weighted by Gasteiger charge is -2.12. The van der Waals surface area contributed by atoms with E-state index in [0.717, 1.165) is 5.39 Å². The van der Waals surface area contributed by atoms with Gasteiger partial charge in [0, 0.05) is 40.8 Å². The van der Waals surface area contributed by atoms with Crippen molar-refractivity contribution in [1.29, 1.82) is 0 Å². The fourth-order valence-corrected chi connectivity index (χ4v) is 5.56. The van der Waals surface area contributed by atoms with E-state index in [0.29, 0.717) is 33.3 Å². The lowest BCUT2D eigenvalue weighted by atomic mass is 9.97. The van der Waals surface area contributed by atoms with E-state index in [9.17, 15) is 18.3 Å². The maximum atomic E-state index is 12.6. The van der Waals surface area contributed by atoms with Crippen molar-refractivity contribution in [3.8, 4) is 16.9 Å². The Morgan fingerprint density at radius 1 is 1.12 bits per heavy atom. The number of phenols is 1. The van der Waals surface area contributed by atoms with E-state index in [-0.39, 0.29) is 22.7 Å². The standard InChI is InChI=1S/C22H18N4O4S2/c27-18-7-6-17-20(16-8-13-31-21(16)22(28)25-17)19(18)14-2-4-15(5-3-14)32(29,30)24-10-12-26-11-1-9-23-26/h1-9,11,13,24,27H,10,12H2,(H,25,28). The van der Waals surface area contributed by atoms with Crippen molar-refractivity contribution in [3.63, 3.8) is 0 Å². The molecule has 3 heterocycles. The number of hydrogen-bond acceptors (Lipinski definition) is 6. The molecule has 2 aromatic carbocycles. The summed E-state index contributed by atoms with van der Waals surface area (Å²) in [6, 6.07) is 13.1. The molecule has 0 unspecified atom stereocenters. The van der Waals surface area contributed by atoms with Gasteiger partial charge in [0.2, 0.25) is 10.0 Å². The third kappa shape index (κ3) is 3.58. The normalized spacial score (nSPS) is 12.0. The molecule has 5 aromatic rings. The number of nitrogens with one attached hydrogen (secondary N) is 2. The second-order valence-electron chi connectivity index (χ2n) is 7.19. The minimum atomic E-state index is -3.70. The first-order valence-electron chi connectivity index (χ1n) is 9.77. The monoisotopic (exact) mass is 466 g/mol. The Kier molecular flexibility index (Phi) is 5.04. The molecule has 8 nitrogen and oxygen atoms in total. The molecule has 0 saturated heterocycles. The molecule has 0 aliphatic heterocycles. The SMILES string of the molecule is O=c1[nH]c2ccc(O)c(-c3ccc(S(=O)(=O)NCCn4cccn4)cc3)c2c2ccsc12. The van der Waals surface area contributed by atoms with Crippen molar-refractivity contribution < 1.29 is 13.5 Å². The summed E-state index contributed by atoms with van der Waals surface area (Å²) in [5.74, 6) is 0.0463. The zero-order valence-electron chi connectivity index (χ0n) is 16.6. The van der Waals surface area contributed by atoms with Gasteiger partial charge in [-0.2, -0.15) is 5.10 Å². The van der Waals surface area contributed by atoms with Crippen molar-refractivity contribution in [2.75, 3.05) is 6.54 Å². The highest BCUT2D eigenvalue weighted by atomic mass is 32.2. The number of fused-ring (bicyclic) bond motifs is 3. The Balaban J connectivity index is 1.51. The topological polar surface area (TPSA) is 117 Å². The number of sulfonamides is 1. The summed E-state index contributed by atoms with van der Waals surface area (Å²) in [6.45, 7) is 0.627. The summed E-state index contributed by atoms with van der Waals surface area (Å²) in [5, 5.41) is 18.0. The highest BCUT2D eigenvalue weighted by molar-refractivity contribution is 7.89. The number of H-pyrrole nitrogens is 1. The molecule has 32 heavy (non-hydrogen) atoms. The van der Waals surface area contributed by atoms with Crippen molar-refractivity contribution in [3.05, 3.63) is 76.7 Å². The van der Waals surface area contributed by atoms with Gasteiger partial charge in [-0.05, 0) is 47.3 Å². The first kappa shape index (κ1) is 20.4. The third-order valence-electron chi connectivity index (χ3n) is 5.22. The molecule has 0 atom stereocenters. The van der Waals surface area contributed by atoms with Crippen LogP contribution in [0.2, 0.25) is 0 Å². The van der Waals surface area contributed by atoms with Gasteiger partial charge in [-0.3, -0.25) is 9.48 Å². The third-order valence-corrected chi connectivity index (χ3v) is 7.61. The molecule has 3 aromatic heterocycles. The number of aromatic amines is 1. The first-order chi connectivity index (χ1) is 15.4. The van der Waals surface area contributed by atoms with E-state index in [2.05, 4.69) is 14.8 Å². The van der Waals surface area contributed by atoms with E-state index in [1.807, 2.05) is 11.4 Å². The molecule has 0 aliphatic carbocycles. The number of nitrogens with zero attached hydrogens (tertiary/aromatic N) is 2. The Morgan fingerprint density at radius 2 is 1.94 bits per heavy atom. The summed E-state index contributed by atoms with van der Waals surface area (Å²) in [5.41, 5.74) is 1.60. The van der Waals surface area contributed by atoms with Crippen LogP contribution >= 0.6 is 11.3 Å². The Labute approximate surface area is 186 Å². The van der Waals surface area contributed by atoms with Gasteiger partial charge < -0.3 is 10.1 Å². The second kappa shape index (κ2) is 7.90. The number of benzene rings is 2. The molecular weight excluding hydrogens is 448 g/mol. The number of aromatic nitrogens is 3. The number of hydrogen-bond donors (Lipinski definition) is 3. The number of pyridine rings is 1. The number of thiophene rings is 1. The number of rotatable bonds is 6. The van der Waals surface area contributed by atoms with Crippen LogP contribution in [0.5, 0.6) is 5.75 Å². The molecule has 0 radical (unpaired) electrons. The molecule has 162 valence electrons. The molecule has 5 rings (SSSR count). The predicted octanol–water partition coefficient (Wildman–Crippen LogP) is 3.29. The van der Waals surface area contributed by atoms with Gasteiger partial charge in [0.1, 0.15) is 10.4 Å². The van der Waals surface area contributed by atoms with E-state index in [1.165, 1.54) is 29.5 Å². The van der Waals surface area contributed by atoms with Gasteiger partial charge in [-0.25, -0.2) is 13.1 Å². The molecular formula is C22H18N4O4S2. The summed E-state index contributed by atoms with van der Waals surface area (Å²) in [7, 11) is -3.70. The molecule has 0 amide bonds. The average Bonchev–Trinajstić information content (AvgIpc) is 3.47. The van der Waals surface area contributed by atoms with E-state index in [1.54, 1.807) is 41.3 Å². The van der Waals surface area contributed by atoms with Crippen LogP contribution in [0.15, 0.2) is 76.0 Å². The van der Waals surface area contributed by atoms with Crippen LogP contribution in [0.3, 0.4) is 0 Å². The lowest BCUT2D eigenvalue weighted by Crippen LogP contribution is -2.27. The van der Waals surface area contributed by atoms with Crippen LogP contribution in [-0.2, 0) is 16.6 Å². The quantitative estimate of drug-likeness (QED) is 0.355. The zero-order valence-corrected chi connectivity index (χ0v) is 18.3. The van der Waals surface area contributed by atoms with Crippen LogP contribution in [0, 0.1) is 0 Å². The number of aromatic hydroxyl groups is 1. The molecule has 0 saturated carbocycles. The summed E-state index contributed by atoms with van der Waals surface area (Å²) >= 11 is 1.33. The largest absolute Gasteiger partial charge is 0.507 e. The lowest BCUT2D eigenvalue weighted by molar-refractivity contribution is 0.478. The molecule has 0 fully saturated rings. The van der Waals surface area contributed by atoms with Gasteiger partial charge in [0.25, 0.3) is 5.56 Å². The summed E-state index contributed by atoms with van der Waals surface area (Å²) < 4.78 is 30.1. The van der Waals surface area contributed by atoms with Gasteiger partial charge in [0.05, 0.1) is 11.4 Å². The smallest absolute Gasteiger partial charge is 0.266 e. The Hall–Kier alpha value is -3.47. The zero-order chi connectivity index (χ0) is 22.3. The first-order valence-corrected chi connectivity index (χ1v) is 12.1. The maximum absolute atomic E-state index is 12.6. The fraction of sp³-hybridized carbons (Fsp3) is 0.0909. The van der Waals surface area contributed by atoms with Crippen molar-refractivity contribution >= 4 is 42.3 Å². The van der Waals surface area contributed by atoms with E-state index in [4.69, 9.17) is 0 Å². The summed E-state index contributed by atoms with van der Waals surface area (Å²) in [4.78, 5) is 15.3. The molecule has 3 N–H and O–H groups in total. The Morgan fingerprint density at radius 3 is 2.69 bits per heavy atom. The van der Waals surface area contributed by atoms with Crippen molar-refractivity contribution in [1.82, 2.24) is 19.5 Å². The second-order valence-corrected chi connectivity index (χ2v) is 9.87. The highest BCUT2D eigenvalue weighted by Crippen LogP contribution is 2.39. The minimum Gasteiger partial charge on any atom is -0.507 e. The average molecular weight is 467 g/mol. The van der Waals surface area contributed by atoms with Crippen LogP contribution in [0.25, 0.3) is 32.1 Å². The van der Waals surface area contributed by atoms with Crippen LogP contribution in [-0.4, -0.2) is 34.8 Å². The van der Waals surface area contributed by atoms with Gasteiger partial charge in [-0.15, -0.1) is 11.3 Å². The summed E-state index contributed by atoms with van der Waals surface area (Å²) in [6.07, 6.45) is 3.40. The number of phenolic OH excluding ortho intramolecular Hbond substituents is 1. The predicted molar refractivity (Wildman–Crippen MR) is 124 cm³/mol. The van der Waals surface area contributed by atoms with Crippen molar-refractivity contribution in [2.45, 2.75) is 11.4 Å². The molecule has 0 bridgehead atoms. The van der Waals surface area contributed by atoms with Crippen LogP contribution in [0.4, 0.5) is 0 Å². The Bertz CT molecular complexity index is 1590.